The second kappa shape index (κ2) is 7.11. The van der Waals surface area contributed by atoms with Crippen molar-refractivity contribution < 1.29 is 38.4 Å². The van der Waals surface area contributed by atoms with Crippen LogP contribution in [0.4, 0.5) is 0 Å². The fraction of sp³-hybridized carbons (Fsp3) is 0.118. The highest BCUT2D eigenvalue weighted by Gasteiger charge is 2.14. The number of phenols is 1. The molecule has 3 aromatic rings. The predicted octanol–water partition coefficient (Wildman–Crippen LogP) is 0.614. The number of aromatic nitrogens is 1. The molecule has 0 unspecified atom stereocenters. The van der Waals surface area contributed by atoms with Gasteiger partial charge in [-0.25, -0.2) is 0 Å². The Kier molecular flexibility index (Phi) is 5.42. The third kappa shape index (κ3) is 3.41. The largest absolute Gasteiger partial charge is 1.00 e. The van der Waals surface area contributed by atoms with E-state index in [1.165, 1.54) is 0 Å². The quantitative estimate of drug-likeness (QED) is 0.493. The highest BCUT2D eigenvalue weighted by atomic mass is 127. The van der Waals surface area contributed by atoms with Crippen LogP contribution in [0.3, 0.4) is 0 Å². The molecule has 0 saturated carbocycles. The predicted molar refractivity (Wildman–Crippen MR) is 86.6 cm³/mol. The van der Waals surface area contributed by atoms with Crippen LogP contribution in [-0.4, -0.2) is 12.2 Å². The third-order valence-electron chi connectivity index (χ3n) is 3.38. The number of hydrogen-bond acceptors (Lipinski definition) is 3. The van der Waals surface area contributed by atoms with E-state index in [9.17, 15) is 5.11 Å². The van der Waals surface area contributed by atoms with Crippen LogP contribution in [0.5, 0.6) is 11.5 Å². The first kappa shape index (κ1) is 16.8. The molecule has 3 nitrogen and oxygen atoms in total. The third-order valence-corrected chi connectivity index (χ3v) is 4.57. The second-order valence-electron chi connectivity index (χ2n) is 4.76. The van der Waals surface area contributed by atoms with E-state index in [-0.39, 0.29) is 24.0 Å². The van der Waals surface area contributed by atoms with Gasteiger partial charge in [0.15, 0.2) is 0 Å². The fourth-order valence-corrected chi connectivity index (χ4v) is 3.22. The number of aromatic hydroxyl groups is 1. The summed E-state index contributed by atoms with van der Waals surface area (Å²) in [5.74, 6) is 1.15. The molecule has 0 atom stereocenters. The van der Waals surface area contributed by atoms with Gasteiger partial charge < -0.3 is 33.8 Å². The molecule has 1 heterocycles. The Morgan fingerprint density at radius 1 is 1.09 bits per heavy atom. The van der Waals surface area contributed by atoms with Gasteiger partial charge in [-0.3, -0.25) is 0 Å². The summed E-state index contributed by atoms with van der Waals surface area (Å²) in [6.45, 7) is 0. The number of methoxy groups -OCH3 is 1. The Labute approximate surface area is 150 Å². The van der Waals surface area contributed by atoms with Crippen LogP contribution in [0.1, 0.15) is 10.6 Å². The minimum Gasteiger partial charge on any atom is -1.00 e. The standard InChI is InChI=1S/C17H15NO2S.HI/c1-18-15-11-13(19)6-9-16(15)21-17(18)10-5-12-3-7-14(20-2)8-4-12;/h3-11H,1-2H3;1H/b10-5+;. The van der Waals surface area contributed by atoms with Crippen molar-refractivity contribution in [3.63, 3.8) is 0 Å². The van der Waals surface area contributed by atoms with E-state index in [0.29, 0.717) is 5.75 Å². The lowest BCUT2D eigenvalue weighted by atomic mass is 10.2. The molecule has 0 amide bonds. The van der Waals surface area contributed by atoms with Crippen LogP contribution in [0.15, 0.2) is 42.5 Å². The molecule has 1 N–H and O–H groups in total. The number of aryl methyl sites for hydroxylation is 1. The summed E-state index contributed by atoms with van der Waals surface area (Å²) in [5, 5.41) is 10.7. The minimum atomic E-state index is 0. The molecule has 0 saturated heterocycles. The van der Waals surface area contributed by atoms with Gasteiger partial charge >= 0.3 is 0 Å². The van der Waals surface area contributed by atoms with Gasteiger partial charge in [0.1, 0.15) is 23.2 Å². The summed E-state index contributed by atoms with van der Waals surface area (Å²) < 4.78 is 8.39. The number of hydrogen-bond donors (Lipinski definition) is 1. The fourth-order valence-electron chi connectivity index (χ4n) is 2.18. The van der Waals surface area contributed by atoms with Gasteiger partial charge in [0.05, 0.1) is 13.2 Å². The van der Waals surface area contributed by atoms with Gasteiger partial charge in [-0.2, -0.15) is 4.57 Å². The summed E-state index contributed by atoms with van der Waals surface area (Å²) in [5.41, 5.74) is 2.16. The van der Waals surface area contributed by atoms with Crippen LogP contribution in [0.2, 0.25) is 0 Å². The summed E-state index contributed by atoms with van der Waals surface area (Å²) in [6, 6.07) is 13.4. The maximum absolute atomic E-state index is 9.58. The van der Waals surface area contributed by atoms with Crippen LogP contribution < -0.4 is 33.3 Å². The number of thiazole rings is 1. The maximum atomic E-state index is 9.58. The highest BCUT2D eigenvalue weighted by Crippen LogP contribution is 2.25. The van der Waals surface area contributed by atoms with Gasteiger partial charge in [-0.1, -0.05) is 23.5 Å². The average molecular weight is 425 g/mol. The van der Waals surface area contributed by atoms with E-state index in [1.807, 2.05) is 37.4 Å². The van der Waals surface area contributed by atoms with Gasteiger partial charge in [-0.15, -0.1) is 0 Å². The van der Waals surface area contributed by atoms with Crippen molar-refractivity contribution in [3.05, 3.63) is 53.0 Å². The highest BCUT2D eigenvalue weighted by molar-refractivity contribution is 7.18. The van der Waals surface area contributed by atoms with E-state index < -0.39 is 0 Å². The van der Waals surface area contributed by atoms with E-state index >= 15 is 0 Å². The topological polar surface area (TPSA) is 33.3 Å². The Bertz CT molecular complexity index is 809. The maximum Gasteiger partial charge on any atom is 0.262 e. The Morgan fingerprint density at radius 2 is 1.82 bits per heavy atom. The molecule has 0 bridgehead atoms. The molecule has 1 aromatic heterocycles. The Balaban J connectivity index is 0.00000176. The lowest BCUT2D eigenvalue weighted by Crippen LogP contribution is -3.00. The van der Waals surface area contributed by atoms with Gasteiger partial charge in [0, 0.05) is 6.08 Å². The van der Waals surface area contributed by atoms with E-state index in [2.05, 4.69) is 16.7 Å². The zero-order chi connectivity index (χ0) is 14.8. The van der Waals surface area contributed by atoms with Crippen molar-refractivity contribution in [3.8, 4) is 11.5 Å². The van der Waals surface area contributed by atoms with E-state index in [0.717, 1.165) is 26.5 Å². The average Bonchev–Trinajstić information content (AvgIpc) is 2.82. The summed E-state index contributed by atoms with van der Waals surface area (Å²) in [6.07, 6.45) is 4.16. The van der Waals surface area contributed by atoms with Gasteiger partial charge in [-0.05, 0) is 35.9 Å². The summed E-state index contributed by atoms with van der Waals surface area (Å²) >= 11 is 1.70. The first-order valence-corrected chi connectivity index (χ1v) is 7.43. The molecule has 114 valence electrons. The molecule has 5 heteroatoms. The number of phenolic OH excluding ortho intramolecular Hbond substituents is 1. The lowest BCUT2D eigenvalue weighted by molar-refractivity contribution is -0.642. The monoisotopic (exact) mass is 425 g/mol. The smallest absolute Gasteiger partial charge is 0.262 e. The molecule has 0 fully saturated rings. The van der Waals surface area contributed by atoms with Crippen molar-refractivity contribution in [1.29, 1.82) is 0 Å². The van der Waals surface area contributed by atoms with E-state index in [1.54, 1.807) is 30.6 Å². The number of halogens is 1. The van der Waals surface area contributed by atoms with Crippen LogP contribution in [0, 0.1) is 0 Å². The molecule has 0 aliphatic rings. The first-order valence-electron chi connectivity index (χ1n) is 6.61. The molecular formula is C17H16INO2S. The van der Waals surface area contributed by atoms with Crippen molar-refractivity contribution >= 4 is 33.7 Å². The van der Waals surface area contributed by atoms with Crippen LogP contribution >= 0.6 is 11.3 Å². The zero-order valence-corrected chi connectivity index (χ0v) is 15.3. The van der Waals surface area contributed by atoms with Gasteiger partial charge in [0.25, 0.3) is 5.01 Å². The van der Waals surface area contributed by atoms with Crippen LogP contribution in [-0.2, 0) is 7.05 Å². The second-order valence-corrected chi connectivity index (χ2v) is 5.82. The minimum absolute atomic E-state index is 0. The molecular weight excluding hydrogens is 409 g/mol. The number of ether oxygens (including phenoxy) is 1. The Hall–Kier alpha value is -1.60. The molecule has 3 rings (SSSR count). The van der Waals surface area contributed by atoms with Crippen molar-refractivity contribution in [2.45, 2.75) is 0 Å². The molecule has 0 spiro atoms. The van der Waals surface area contributed by atoms with E-state index in [4.69, 9.17) is 4.74 Å². The molecule has 0 aliphatic carbocycles. The SMILES string of the molecule is COc1ccc(/C=C/c2sc3ccc(O)cc3[n+]2C)cc1.[I-]. The number of fused-ring (bicyclic) bond motifs is 1. The molecule has 0 aliphatic heterocycles. The Morgan fingerprint density at radius 3 is 2.50 bits per heavy atom. The zero-order valence-electron chi connectivity index (χ0n) is 12.3. The molecule has 2 aromatic carbocycles. The number of rotatable bonds is 3. The number of benzene rings is 2. The molecule has 0 radical (unpaired) electrons. The van der Waals surface area contributed by atoms with Crippen molar-refractivity contribution in [2.24, 2.45) is 7.05 Å². The van der Waals surface area contributed by atoms with Crippen molar-refractivity contribution in [2.75, 3.05) is 7.11 Å². The lowest BCUT2D eigenvalue weighted by Gasteiger charge is -1.98. The number of nitrogens with zero attached hydrogens (tertiary/aromatic N) is 1. The summed E-state index contributed by atoms with van der Waals surface area (Å²) in [7, 11) is 3.67. The molecule has 22 heavy (non-hydrogen) atoms. The first-order chi connectivity index (χ1) is 10.2. The summed E-state index contributed by atoms with van der Waals surface area (Å²) in [4.78, 5) is 0. The normalized spacial score (nSPS) is 10.8. The van der Waals surface area contributed by atoms with Crippen molar-refractivity contribution in [1.82, 2.24) is 0 Å². The van der Waals surface area contributed by atoms with Gasteiger partial charge in [0.2, 0.25) is 5.52 Å². The van der Waals surface area contributed by atoms with Crippen LogP contribution in [0.25, 0.3) is 22.4 Å².